The maximum absolute atomic E-state index is 12.4. The smallest absolute Gasteiger partial charge is 0.405 e. The Morgan fingerprint density at radius 1 is 1.47 bits per heavy atom. The van der Waals surface area contributed by atoms with Gasteiger partial charge in [0, 0.05) is 6.20 Å². The lowest BCUT2D eigenvalue weighted by molar-refractivity contribution is -0.275. The number of aromatic nitrogens is 1. The summed E-state index contributed by atoms with van der Waals surface area (Å²) < 4.78 is 51.4. The molecule has 0 unspecified atom stereocenters. The molecule has 0 aromatic carbocycles. The van der Waals surface area contributed by atoms with Crippen molar-refractivity contribution >= 4 is 0 Å². The molecule has 1 aromatic rings. The highest BCUT2D eigenvalue weighted by atomic mass is 19.4. The highest BCUT2D eigenvalue weighted by molar-refractivity contribution is 5.41. The summed E-state index contributed by atoms with van der Waals surface area (Å²) in [5, 5.41) is 8.46. The van der Waals surface area contributed by atoms with Gasteiger partial charge in [-0.1, -0.05) is 0 Å². The predicted molar refractivity (Wildman–Crippen MR) is 40.4 cm³/mol. The van der Waals surface area contributed by atoms with Crippen LogP contribution in [0.25, 0.3) is 0 Å². The van der Waals surface area contributed by atoms with E-state index >= 15 is 0 Å². The Labute approximate surface area is 81.9 Å². The van der Waals surface area contributed by atoms with Crippen LogP contribution in [0.5, 0.6) is 5.75 Å². The minimum absolute atomic E-state index is 0.417. The topological polar surface area (TPSA) is 45.9 Å². The molecule has 0 radical (unpaired) electrons. The van der Waals surface area contributed by atoms with Crippen LogP contribution in [0.15, 0.2) is 12.3 Å². The summed E-state index contributed by atoms with van der Waals surface area (Å²) in [4.78, 5) is 3.41. The van der Waals surface area contributed by atoms with E-state index in [-0.39, 0.29) is 0 Å². The van der Waals surface area contributed by atoms with Crippen molar-refractivity contribution in [1.82, 2.24) is 4.98 Å². The minimum atomic E-state index is -4.92. The molecule has 80 valence electrons. The summed E-state index contributed by atoms with van der Waals surface area (Å²) in [6, 6.07) is 2.32. The van der Waals surface area contributed by atoms with E-state index in [9.17, 15) is 17.6 Å². The van der Waals surface area contributed by atoms with Crippen molar-refractivity contribution in [2.75, 3.05) is 0 Å². The number of pyridine rings is 1. The summed E-state index contributed by atoms with van der Waals surface area (Å²) in [5.41, 5.74) is -0.920. The normalized spacial score (nSPS) is 10.9. The van der Waals surface area contributed by atoms with Crippen LogP contribution >= 0.6 is 0 Å². The zero-order valence-corrected chi connectivity index (χ0v) is 7.18. The number of halogens is 4. The fourth-order valence-corrected chi connectivity index (χ4v) is 0.920. The van der Waals surface area contributed by atoms with Crippen molar-refractivity contribution in [3.8, 4) is 11.8 Å². The second kappa shape index (κ2) is 4.13. The molecule has 0 saturated heterocycles. The first-order valence-electron chi connectivity index (χ1n) is 3.67. The summed E-state index contributed by atoms with van der Waals surface area (Å²) >= 11 is 0. The molecular formula is C8H4F4N2O. The summed E-state index contributed by atoms with van der Waals surface area (Å²) in [5.74, 6) is -0.739. The van der Waals surface area contributed by atoms with Crippen LogP contribution in [-0.2, 0) is 6.67 Å². The third kappa shape index (κ3) is 2.80. The first-order chi connectivity index (χ1) is 6.98. The van der Waals surface area contributed by atoms with E-state index in [1.165, 1.54) is 6.07 Å². The lowest BCUT2D eigenvalue weighted by Gasteiger charge is -2.11. The van der Waals surface area contributed by atoms with Crippen molar-refractivity contribution in [3.05, 3.63) is 23.5 Å². The number of rotatable bonds is 2. The van der Waals surface area contributed by atoms with Crippen LogP contribution in [0.4, 0.5) is 17.6 Å². The molecule has 3 nitrogen and oxygen atoms in total. The molecule has 0 atom stereocenters. The van der Waals surface area contributed by atoms with Gasteiger partial charge in [-0.2, -0.15) is 5.26 Å². The number of alkyl halides is 4. The lowest BCUT2D eigenvalue weighted by atomic mass is 10.2. The van der Waals surface area contributed by atoms with E-state index in [1.54, 1.807) is 0 Å². The van der Waals surface area contributed by atoms with Gasteiger partial charge in [-0.3, -0.25) is 0 Å². The van der Waals surface area contributed by atoms with Crippen LogP contribution < -0.4 is 4.74 Å². The van der Waals surface area contributed by atoms with Gasteiger partial charge in [-0.05, 0) is 6.07 Å². The van der Waals surface area contributed by atoms with Crippen LogP contribution in [0.1, 0.15) is 11.3 Å². The molecule has 0 N–H and O–H groups in total. The zero-order chi connectivity index (χ0) is 11.5. The Bertz CT molecular complexity index is 397. The van der Waals surface area contributed by atoms with Crippen molar-refractivity contribution in [2.24, 2.45) is 0 Å². The molecular weight excluding hydrogens is 216 g/mol. The molecule has 0 amide bonds. The molecule has 1 aromatic heterocycles. The van der Waals surface area contributed by atoms with Gasteiger partial charge in [0.2, 0.25) is 0 Å². The number of hydrogen-bond donors (Lipinski definition) is 0. The molecule has 0 aliphatic rings. The first kappa shape index (κ1) is 11.2. The maximum Gasteiger partial charge on any atom is 0.573 e. The molecule has 0 fully saturated rings. The fourth-order valence-electron chi connectivity index (χ4n) is 0.920. The number of hydrogen-bond acceptors (Lipinski definition) is 3. The van der Waals surface area contributed by atoms with E-state index in [2.05, 4.69) is 9.72 Å². The van der Waals surface area contributed by atoms with Gasteiger partial charge in [0.25, 0.3) is 0 Å². The molecule has 0 aliphatic heterocycles. The number of nitrogens with zero attached hydrogens (tertiary/aromatic N) is 2. The average molecular weight is 220 g/mol. The summed E-state index contributed by atoms with van der Waals surface area (Å²) in [6.45, 7) is -1.25. The number of ether oxygens (including phenoxy) is 1. The molecule has 0 saturated carbocycles. The maximum atomic E-state index is 12.4. The van der Waals surface area contributed by atoms with Crippen molar-refractivity contribution in [2.45, 2.75) is 13.0 Å². The molecule has 0 spiro atoms. The van der Waals surface area contributed by atoms with Gasteiger partial charge in [-0.25, -0.2) is 9.37 Å². The van der Waals surface area contributed by atoms with E-state index in [0.717, 1.165) is 12.3 Å². The molecule has 15 heavy (non-hydrogen) atoms. The summed E-state index contributed by atoms with van der Waals surface area (Å²) in [6.07, 6.45) is -3.98. The highest BCUT2D eigenvalue weighted by Crippen LogP contribution is 2.27. The quantitative estimate of drug-likeness (QED) is 0.718. The molecule has 1 heterocycles. The molecule has 0 bridgehead atoms. The first-order valence-corrected chi connectivity index (χ1v) is 3.67. The standard InChI is InChI=1S/C8H4F4N2O/c9-3-5-6(4-13)14-2-1-7(5)15-8(10,11)12/h1-2H,3H2. The Morgan fingerprint density at radius 2 is 2.13 bits per heavy atom. The van der Waals surface area contributed by atoms with Crippen LogP contribution in [0, 0.1) is 11.3 Å². The minimum Gasteiger partial charge on any atom is -0.405 e. The van der Waals surface area contributed by atoms with Gasteiger partial charge >= 0.3 is 6.36 Å². The molecule has 7 heteroatoms. The third-order valence-electron chi connectivity index (χ3n) is 1.48. The Hall–Kier alpha value is -1.84. The van der Waals surface area contributed by atoms with Crippen LogP contribution in [0.3, 0.4) is 0 Å². The molecule has 0 aliphatic carbocycles. The Morgan fingerprint density at radius 3 is 2.60 bits per heavy atom. The van der Waals surface area contributed by atoms with E-state index < -0.39 is 30.0 Å². The number of nitriles is 1. The van der Waals surface area contributed by atoms with Crippen molar-refractivity contribution in [3.63, 3.8) is 0 Å². The Balaban J connectivity index is 3.14. The summed E-state index contributed by atoms with van der Waals surface area (Å²) in [7, 11) is 0. The Kier molecular flexibility index (Phi) is 3.09. The predicted octanol–water partition coefficient (Wildman–Crippen LogP) is 2.32. The van der Waals surface area contributed by atoms with Crippen molar-refractivity contribution in [1.29, 1.82) is 5.26 Å². The second-order valence-electron chi connectivity index (χ2n) is 2.43. The lowest BCUT2D eigenvalue weighted by Crippen LogP contribution is -2.18. The van der Waals surface area contributed by atoms with Gasteiger partial charge in [0.05, 0.1) is 5.56 Å². The van der Waals surface area contributed by atoms with Gasteiger partial charge in [0.15, 0.2) is 0 Å². The van der Waals surface area contributed by atoms with Gasteiger partial charge in [0.1, 0.15) is 24.2 Å². The highest BCUT2D eigenvalue weighted by Gasteiger charge is 2.32. The fraction of sp³-hybridized carbons (Fsp3) is 0.250. The van der Waals surface area contributed by atoms with Gasteiger partial charge in [-0.15, -0.1) is 13.2 Å². The van der Waals surface area contributed by atoms with Gasteiger partial charge < -0.3 is 4.74 Å². The monoisotopic (exact) mass is 220 g/mol. The van der Waals surface area contributed by atoms with E-state index in [1.807, 2.05) is 0 Å². The van der Waals surface area contributed by atoms with Crippen LogP contribution in [0.2, 0.25) is 0 Å². The average Bonchev–Trinajstić information content (AvgIpc) is 2.15. The van der Waals surface area contributed by atoms with Crippen LogP contribution in [-0.4, -0.2) is 11.3 Å². The second-order valence-corrected chi connectivity index (χ2v) is 2.43. The van der Waals surface area contributed by atoms with Crippen molar-refractivity contribution < 1.29 is 22.3 Å². The zero-order valence-electron chi connectivity index (χ0n) is 7.18. The largest absolute Gasteiger partial charge is 0.573 e. The van der Waals surface area contributed by atoms with E-state index in [0.29, 0.717) is 0 Å². The van der Waals surface area contributed by atoms with E-state index in [4.69, 9.17) is 5.26 Å². The third-order valence-corrected chi connectivity index (χ3v) is 1.48. The SMILES string of the molecule is N#Cc1nccc(OC(F)(F)F)c1CF. The molecule has 1 rings (SSSR count).